The molecule has 1 N–H and O–H groups in total. The molecule has 2 rings (SSSR count). The highest BCUT2D eigenvalue weighted by molar-refractivity contribution is 6.39. The second kappa shape index (κ2) is 6.94. The number of aromatic nitrogens is 1. The standard InChI is InChI=1S/C14H16Cl2N2O/c1-2-17-8-4-7-13-18-9-12(19-13)14-10(15)5-3-6-11(14)16/h3,5-6,9,17H,2,4,7-8H2,1H3. The number of hydrogen-bond donors (Lipinski definition) is 1. The quantitative estimate of drug-likeness (QED) is 0.813. The van der Waals surface area contributed by atoms with Gasteiger partial charge in [-0.2, -0.15) is 0 Å². The largest absolute Gasteiger partial charge is 0.441 e. The van der Waals surface area contributed by atoms with Crippen LogP contribution in [0.4, 0.5) is 0 Å². The van der Waals surface area contributed by atoms with E-state index in [1.807, 2.05) is 6.07 Å². The number of hydrogen-bond acceptors (Lipinski definition) is 3. The summed E-state index contributed by atoms with van der Waals surface area (Å²) in [5.41, 5.74) is 0.705. The lowest BCUT2D eigenvalue weighted by molar-refractivity contribution is 0.493. The van der Waals surface area contributed by atoms with Crippen LogP contribution in [0.3, 0.4) is 0 Å². The summed E-state index contributed by atoms with van der Waals surface area (Å²) in [6, 6.07) is 5.38. The van der Waals surface area contributed by atoms with Crippen molar-refractivity contribution < 1.29 is 4.42 Å². The summed E-state index contributed by atoms with van der Waals surface area (Å²) < 4.78 is 5.70. The van der Waals surface area contributed by atoms with Crippen molar-refractivity contribution in [2.75, 3.05) is 13.1 Å². The van der Waals surface area contributed by atoms with Gasteiger partial charge >= 0.3 is 0 Å². The van der Waals surface area contributed by atoms with Crippen molar-refractivity contribution in [3.63, 3.8) is 0 Å². The van der Waals surface area contributed by atoms with Crippen LogP contribution in [0.1, 0.15) is 19.2 Å². The first-order valence-corrected chi connectivity index (χ1v) is 7.07. The molecule has 0 unspecified atom stereocenters. The van der Waals surface area contributed by atoms with Gasteiger partial charge < -0.3 is 9.73 Å². The Balaban J connectivity index is 2.08. The molecule has 3 nitrogen and oxygen atoms in total. The fraction of sp³-hybridized carbons (Fsp3) is 0.357. The highest BCUT2D eigenvalue weighted by Gasteiger charge is 2.13. The molecule has 102 valence electrons. The lowest BCUT2D eigenvalue weighted by atomic mass is 10.2. The van der Waals surface area contributed by atoms with Crippen molar-refractivity contribution in [2.45, 2.75) is 19.8 Å². The van der Waals surface area contributed by atoms with Gasteiger partial charge in [-0.15, -0.1) is 0 Å². The van der Waals surface area contributed by atoms with E-state index in [4.69, 9.17) is 27.6 Å². The lowest BCUT2D eigenvalue weighted by Gasteiger charge is -2.02. The van der Waals surface area contributed by atoms with E-state index in [2.05, 4.69) is 17.2 Å². The molecule has 0 atom stereocenters. The Kier molecular flexibility index (Phi) is 5.25. The number of halogens is 2. The highest BCUT2D eigenvalue weighted by atomic mass is 35.5. The minimum absolute atomic E-state index is 0.572. The molecule has 1 aromatic carbocycles. The van der Waals surface area contributed by atoms with Crippen LogP contribution >= 0.6 is 23.2 Å². The lowest BCUT2D eigenvalue weighted by Crippen LogP contribution is -2.14. The van der Waals surface area contributed by atoms with Gasteiger partial charge in [0.15, 0.2) is 11.7 Å². The van der Waals surface area contributed by atoms with E-state index in [9.17, 15) is 0 Å². The summed E-state index contributed by atoms with van der Waals surface area (Å²) in [4.78, 5) is 4.26. The van der Waals surface area contributed by atoms with Gasteiger partial charge in [-0.05, 0) is 31.6 Å². The molecule has 0 saturated carbocycles. The zero-order chi connectivity index (χ0) is 13.7. The van der Waals surface area contributed by atoms with Crippen molar-refractivity contribution in [1.82, 2.24) is 10.3 Å². The van der Waals surface area contributed by atoms with Crippen LogP contribution in [0.25, 0.3) is 11.3 Å². The van der Waals surface area contributed by atoms with Crippen molar-refractivity contribution in [3.05, 3.63) is 40.3 Å². The second-order valence-electron chi connectivity index (χ2n) is 4.17. The smallest absolute Gasteiger partial charge is 0.194 e. The van der Waals surface area contributed by atoms with Crippen molar-refractivity contribution >= 4 is 23.2 Å². The predicted molar refractivity (Wildman–Crippen MR) is 78.8 cm³/mol. The molecule has 0 aliphatic carbocycles. The molecule has 19 heavy (non-hydrogen) atoms. The maximum absolute atomic E-state index is 6.14. The number of benzene rings is 1. The first-order valence-electron chi connectivity index (χ1n) is 6.32. The molecule has 0 amide bonds. The summed E-state index contributed by atoms with van der Waals surface area (Å²) in [6.07, 6.45) is 3.47. The molecular weight excluding hydrogens is 283 g/mol. The Morgan fingerprint density at radius 2 is 2.00 bits per heavy atom. The predicted octanol–water partition coefficient (Wildman–Crippen LogP) is 4.19. The first-order chi connectivity index (χ1) is 9.22. The van der Waals surface area contributed by atoms with E-state index in [1.54, 1.807) is 18.3 Å². The molecule has 0 aliphatic rings. The molecule has 0 aliphatic heterocycles. The van der Waals surface area contributed by atoms with Crippen LogP contribution in [0.2, 0.25) is 10.0 Å². The van der Waals surface area contributed by atoms with E-state index in [-0.39, 0.29) is 0 Å². The van der Waals surface area contributed by atoms with Gasteiger partial charge in [0.1, 0.15) is 0 Å². The molecule has 0 fully saturated rings. The van der Waals surface area contributed by atoms with Gasteiger partial charge in [-0.3, -0.25) is 0 Å². The van der Waals surface area contributed by atoms with Crippen molar-refractivity contribution in [3.8, 4) is 11.3 Å². The zero-order valence-corrected chi connectivity index (χ0v) is 12.3. The van der Waals surface area contributed by atoms with E-state index in [0.29, 0.717) is 27.3 Å². The Hall–Kier alpha value is -1.03. The minimum atomic E-state index is 0.572. The van der Waals surface area contributed by atoms with Gasteiger partial charge in [-0.1, -0.05) is 36.2 Å². The van der Waals surface area contributed by atoms with E-state index >= 15 is 0 Å². The number of oxazole rings is 1. The van der Waals surface area contributed by atoms with Gasteiger partial charge in [0.25, 0.3) is 0 Å². The third kappa shape index (κ3) is 3.72. The Morgan fingerprint density at radius 1 is 1.26 bits per heavy atom. The first kappa shape index (κ1) is 14.4. The molecule has 0 saturated heterocycles. The molecule has 0 radical (unpaired) electrons. The normalized spacial score (nSPS) is 10.9. The van der Waals surface area contributed by atoms with Crippen molar-refractivity contribution in [2.24, 2.45) is 0 Å². The van der Waals surface area contributed by atoms with E-state index < -0.39 is 0 Å². The molecule has 5 heteroatoms. The van der Waals surface area contributed by atoms with Gasteiger partial charge in [-0.25, -0.2) is 4.98 Å². The summed E-state index contributed by atoms with van der Waals surface area (Å²) in [5, 5.41) is 4.41. The SMILES string of the molecule is CCNCCCc1ncc(-c2c(Cl)cccc2Cl)o1. The monoisotopic (exact) mass is 298 g/mol. The topological polar surface area (TPSA) is 38.1 Å². The maximum Gasteiger partial charge on any atom is 0.194 e. The van der Waals surface area contributed by atoms with Gasteiger partial charge in [0.2, 0.25) is 0 Å². The third-order valence-corrected chi connectivity index (χ3v) is 3.39. The van der Waals surface area contributed by atoms with E-state index in [0.717, 1.165) is 25.9 Å². The van der Waals surface area contributed by atoms with Gasteiger partial charge in [0, 0.05) is 6.42 Å². The Morgan fingerprint density at radius 3 is 2.68 bits per heavy atom. The average molecular weight is 299 g/mol. The second-order valence-corrected chi connectivity index (χ2v) is 4.99. The Bertz CT molecular complexity index is 520. The van der Waals surface area contributed by atoms with Crippen LogP contribution in [-0.4, -0.2) is 18.1 Å². The Labute approximate surface area is 122 Å². The average Bonchev–Trinajstić information content (AvgIpc) is 2.83. The van der Waals surface area contributed by atoms with Crippen LogP contribution in [0, 0.1) is 0 Å². The number of nitrogens with one attached hydrogen (secondary N) is 1. The minimum Gasteiger partial charge on any atom is -0.441 e. The van der Waals surface area contributed by atoms with Crippen LogP contribution in [0.5, 0.6) is 0 Å². The number of rotatable bonds is 6. The van der Waals surface area contributed by atoms with Crippen LogP contribution in [0.15, 0.2) is 28.8 Å². The fourth-order valence-corrected chi connectivity index (χ4v) is 2.40. The molecular formula is C14H16Cl2N2O. The highest BCUT2D eigenvalue weighted by Crippen LogP contribution is 2.34. The molecule has 1 aromatic heterocycles. The maximum atomic E-state index is 6.14. The van der Waals surface area contributed by atoms with E-state index in [1.165, 1.54) is 0 Å². The summed E-state index contributed by atoms with van der Waals surface area (Å²) in [5.74, 6) is 1.33. The zero-order valence-electron chi connectivity index (χ0n) is 10.7. The molecule has 0 bridgehead atoms. The van der Waals surface area contributed by atoms with Crippen LogP contribution in [-0.2, 0) is 6.42 Å². The molecule has 1 heterocycles. The summed E-state index contributed by atoms with van der Waals surface area (Å²) in [7, 11) is 0. The summed E-state index contributed by atoms with van der Waals surface area (Å²) in [6.45, 7) is 4.02. The number of aryl methyl sites for hydroxylation is 1. The number of nitrogens with zero attached hydrogens (tertiary/aromatic N) is 1. The summed E-state index contributed by atoms with van der Waals surface area (Å²) >= 11 is 12.3. The molecule has 0 spiro atoms. The van der Waals surface area contributed by atoms with Crippen molar-refractivity contribution in [1.29, 1.82) is 0 Å². The fourth-order valence-electron chi connectivity index (χ4n) is 1.82. The molecule has 2 aromatic rings. The van der Waals surface area contributed by atoms with Gasteiger partial charge in [0.05, 0.1) is 21.8 Å². The third-order valence-electron chi connectivity index (χ3n) is 2.76. The van der Waals surface area contributed by atoms with Crippen LogP contribution < -0.4 is 5.32 Å².